The molecular formula is C19H19FN6. The van der Waals surface area contributed by atoms with Crippen LogP contribution in [0.3, 0.4) is 0 Å². The van der Waals surface area contributed by atoms with Crippen LogP contribution in [-0.2, 0) is 6.42 Å². The number of hydrogen-bond donors (Lipinski definition) is 2. The van der Waals surface area contributed by atoms with Gasteiger partial charge in [0, 0.05) is 12.7 Å². The predicted octanol–water partition coefficient (Wildman–Crippen LogP) is 3.21. The highest BCUT2D eigenvalue weighted by molar-refractivity contribution is 5.56. The zero-order chi connectivity index (χ0) is 18.5. The number of rotatable bonds is 6. The first-order valence-corrected chi connectivity index (χ1v) is 8.28. The molecule has 7 heteroatoms. The third kappa shape index (κ3) is 3.81. The summed E-state index contributed by atoms with van der Waals surface area (Å²) in [7, 11) is 0. The minimum atomic E-state index is -0.337. The highest BCUT2D eigenvalue weighted by Crippen LogP contribution is 2.21. The van der Waals surface area contributed by atoms with Crippen molar-refractivity contribution in [3.05, 3.63) is 65.2 Å². The maximum atomic E-state index is 13.1. The third-order valence-electron chi connectivity index (χ3n) is 3.99. The fraction of sp³-hybridized carbons (Fsp3) is 0.211. The van der Waals surface area contributed by atoms with Crippen molar-refractivity contribution in [1.82, 2.24) is 14.8 Å². The molecule has 0 amide bonds. The van der Waals surface area contributed by atoms with E-state index in [1.54, 1.807) is 18.3 Å². The second-order valence-electron chi connectivity index (χ2n) is 5.96. The van der Waals surface area contributed by atoms with Gasteiger partial charge in [0.05, 0.1) is 11.4 Å². The number of halogens is 1. The molecule has 2 heterocycles. The molecule has 0 saturated carbocycles. The van der Waals surface area contributed by atoms with E-state index in [9.17, 15) is 9.65 Å². The lowest BCUT2D eigenvalue weighted by Crippen LogP contribution is -2.05. The number of nitriles is 1. The molecule has 0 atom stereocenters. The summed E-state index contributed by atoms with van der Waals surface area (Å²) in [6.45, 7) is 2.71. The lowest BCUT2D eigenvalue weighted by molar-refractivity contribution is 0.627. The zero-order valence-electron chi connectivity index (χ0n) is 14.4. The summed E-state index contributed by atoms with van der Waals surface area (Å²) >= 11 is 0. The molecule has 0 aliphatic heterocycles. The maximum Gasteiger partial charge on any atom is 0.145 e. The Labute approximate surface area is 151 Å². The molecule has 0 saturated heterocycles. The molecule has 0 aliphatic rings. The van der Waals surface area contributed by atoms with Gasteiger partial charge in [-0.15, -0.1) is 0 Å². The van der Waals surface area contributed by atoms with E-state index in [4.69, 9.17) is 5.73 Å². The first kappa shape index (κ1) is 17.4. The Balaban J connectivity index is 1.69. The highest BCUT2D eigenvalue weighted by atomic mass is 19.1. The van der Waals surface area contributed by atoms with Crippen molar-refractivity contribution in [3.63, 3.8) is 0 Å². The van der Waals surface area contributed by atoms with E-state index in [0.717, 1.165) is 17.8 Å². The van der Waals surface area contributed by atoms with Gasteiger partial charge in [0.15, 0.2) is 0 Å². The Morgan fingerprint density at radius 1 is 1.27 bits per heavy atom. The van der Waals surface area contributed by atoms with Gasteiger partial charge in [-0.05, 0) is 61.7 Å². The van der Waals surface area contributed by atoms with Crippen LogP contribution < -0.4 is 11.1 Å². The number of nitrogens with two attached hydrogens (primary N) is 1. The highest BCUT2D eigenvalue weighted by Gasteiger charge is 2.16. The number of nitrogen functional groups attached to an aromatic ring is 1. The van der Waals surface area contributed by atoms with Crippen LogP contribution in [0.25, 0.3) is 5.69 Å². The zero-order valence-corrected chi connectivity index (χ0v) is 14.4. The van der Waals surface area contributed by atoms with Gasteiger partial charge in [-0.3, -0.25) is 0 Å². The number of aryl methyl sites for hydroxylation is 2. The molecule has 26 heavy (non-hydrogen) atoms. The monoisotopic (exact) mass is 350 g/mol. The predicted molar refractivity (Wildman–Crippen MR) is 98.4 cm³/mol. The van der Waals surface area contributed by atoms with Crippen LogP contribution in [0, 0.1) is 24.1 Å². The Morgan fingerprint density at radius 3 is 2.73 bits per heavy atom. The van der Waals surface area contributed by atoms with Crippen LogP contribution in [0.1, 0.15) is 23.2 Å². The average Bonchev–Trinajstić information content (AvgIpc) is 2.95. The summed E-state index contributed by atoms with van der Waals surface area (Å²) in [5.74, 6) is 0.750. The van der Waals surface area contributed by atoms with Crippen molar-refractivity contribution >= 4 is 11.6 Å². The van der Waals surface area contributed by atoms with Crippen molar-refractivity contribution in [1.29, 1.82) is 5.26 Å². The third-order valence-corrected chi connectivity index (χ3v) is 3.99. The SMILES string of the molecule is Cc1ccnc(NCCCc2nn(-c3ccc(F)cc3)c(N)c2C#N)c1. The summed E-state index contributed by atoms with van der Waals surface area (Å²) in [6, 6.07) is 11.9. The van der Waals surface area contributed by atoms with E-state index in [1.807, 2.05) is 19.1 Å². The molecule has 2 aromatic heterocycles. The van der Waals surface area contributed by atoms with E-state index < -0.39 is 0 Å². The van der Waals surface area contributed by atoms with Crippen LogP contribution in [0.15, 0.2) is 42.6 Å². The molecule has 6 nitrogen and oxygen atoms in total. The molecule has 0 radical (unpaired) electrons. The van der Waals surface area contributed by atoms with Gasteiger partial charge < -0.3 is 11.1 Å². The van der Waals surface area contributed by atoms with Gasteiger partial charge in [0.25, 0.3) is 0 Å². The molecule has 0 bridgehead atoms. The normalized spacial score (nSPS) is 10.5. The van der Waals surface area contributed by atoms with Crippen LogP contribution in [-0.4, -0.2) is 21.3 Å². The first-order valence-electron chi connectivity index (χ1n) is 8.28. The number of pyridine rings is 1. The first-order chi connectivity index (χ1) is 12.6. The molecule has 3 rings (SSSR count). The van der Waals surface area contributed by atoms with Crippen LogP contribution in [0.4, 0.5) is 16.0 Å². The van der Waals surface area contributed by atoms with Gasteiger partial charge in [0.1, 0.15) is 29.1 Å². The van der Waals surface area contributed by atoms with Gasteiger partial charge in [-0.2, -0.15) is 10.4 Å². The lowest BCUT2D eigenvalue weighted by Gasteiger charge is -2.05. The van der Waals surface area contributed by atoms with Crippen LogP contribution >= 0.6 is 0 Å². The van der Waals surface area contributed by atoms with Crippen molar-refractivity contribution in [2.45, 2.75) is 19.8 Å². The minimum absolute atomic E-state index is 0.266. The second kappa shape index (κ2) is 7.66. The van der Waals surface area contributed by atoms with Crippen LogP contribution in [0.5, 0.6) is 0 Å². The summed E-state index contributed by atoms with van der Waals surface area (Å²) in [6.07, 6.45) is 3.13. The summed E-state index contributed by atoms with van der Waals surface area (Å²) < 4.78 is 14.6. The molecule has 3 aromatic rings. The van der Waals surface area contributed by atoms with E-state index in [-0.39, 0.29) is 11.6 Å². The van der Waals surface area contributed by atoms with Gasteiger partial charge in [-0.25, -0.2) is 14.1 Å². The van der Waals surface area contributed by atoms with E-state index >= 15 is 0 Å². The van der Waals surface area contributed by atoms with Crippen molar-refractivity contribution < 1.29 is 4.39 Å². The number of hydrogen-bond acceptors (Lipinski definition) is 5. The maximum absolute atomic E-state index is 13.1. The van der Waals surface area contributed by atoms with Gasteiger partial charge in [0.2, 0.25) is 0 Å². The Morgan fingerprint density at radius 2 is 2.04 bits per heavy atom. The Kier molecular flexibility index (Phi) is 5.13. The molecule has 0 fully saturated rings. The van der Waals surface area contributed by atoms with E-state index in [0.29, 0.717) is 29.9 Å². The summed E-state index contributed by atoms with van der Waals surface area (Å²) in [4.78, 5) is 4.25. The molecule has 1 aromatic carbocycles. The molecule has 0 spiro atoms. The van der Waals surface area contributed by atoms with Gasteiger partial charge >= 0.3 is 0 Å². The fourth-order valence-corrected chi connectivity index (χ4v) is 2.66. The molecule has 0 unspecified atom stereocenters. The summed E-state index contributed by atoms with van der Waals surface area (Å²) in [5, 5.41) is 17.1. The van der Waals surface area contributed by atoms with Crippen LogP contribution in [0.2, 0.25) is 0 Å². The van der Waals surface area contributed by atoms with E-state index in [2.05, 4.69) is 21.5 Å². The largest absolute Gasteiger partial charge is 0.382 e. The number of aromatic nitrogens is 3. The number of nitrogens with one attached hydrogen (secondary N) is 1. The lowest BCUT2D eigenvalue weighted by atomic mass is 10.1. The quantitative estimate of drug-likeness (QED) is 0.666. The molecule has 0 aliphatic carbocycles. The molecule has 3 N–H and O–H groups in total. The fourth-order valence-electron chi connectivity index (χ4n) is 2.66. The van der Waals surface area contributed by atoms with Crippen molar-refractivity contribution in [2.24, 2.45) is 0 Å². The molecular weight excluding hydrogens is 331 g/mol. The van der Waals surface area contributed by atoms with Crippen molar-refractivity contribution in [3.8, 4) is 11.8 Å². The van der Waals surface area contributed by atoms with Gasteiger partial charge in [-0.1, -0.05) is 0 Å². The molecule has 132 valence electrons. The van der Waals surface area contributed by atoms with E-state index in [1.165, 1.54) is 16.8 Å². The Hall–Kier alpha value is -3.40. The van der Waals surface area contributed by atoms with Crippen molar-refractivity contribution in [2.75, 3.05) is 17.6 Å². The topological polar surface area (TPSA) is 92.6 Å². The number of anilines is 2. The minimum Gasteiger partial charge on any atom is -0.382 e. The smallest absolute Gasteiger partial charge is 0.145 e. The number of nitrogens with zero attached hydrogens (tertiary/aromatic N) is 4. The average molecular weight is 350 g/mol. The number of benzene rings is 1. The standard InChI is InChI=1S/C19H19FN6/c1-13-8-10-24-18(11-13)23-9-2-3-17-16(12-21)19(22)26(25-17)15-6-4-14(20)5-7-15/h4-8,10-11H,2-3,9,22H2,1H3,(H,23,24). The second-order valence-corrected chi connectivity index (χ2v) is 5.96. The summed E-state index contributed by atoms with van der Waals surface area (Å²) in [5.41, 5.74) is 8.81. The Bertz CT molecular complexity index is 940.